The molecular formula is C58H40N2. The highest BCUT2D eigenvalue weighted by Gasteiger charge is 2.21. The summed E-state index contributed by atoms with van der Waals surface area (Å²) in [7, 11) is 0. The molecule has 0 aliphatic carbocycles. The fourth-order valence-electron chi connectivity index (χ4n) is 8.99. The number of benzene rings is 10. The first-order valence-corrected chi connectivity index (χ1v) is 20.6. The lowest BCUT2D eigenvalue weighted by Gasteiger charge is -2.29. The van der Waals surface area contributed by atoms with Crippen molar-refractivity contribution in [1.82, 2.24) is 4.57 Å². The van der Waals surface area contributed by atoms with Gasteiger partial charge in [0.05, 0.1) is 16.7 Å². The molecule has 0 amide bonds. The van der Waals surface area contributed by atoms with E-state index in [2.05, 4.69) is 252 Å². The van der Waals surface area contributed by atoms with Crippen LogP contribution in [0.15, 0.2) is 243 Å². The molecule has 0 bridgehead atoms. The summed E-state index contributed by atoms with van der Waals surface area (Å²) in [5.74, 6) is 0. The van der Waals surface area contributed by atoms with E-state index < -0.39 is 0 Å². The summed E-state index contributed by atoms with van der Waals surface area (Å²) in [6, 6.07) is 87.9. The Morgan fingerprint density at radius 1 is 0.283 bits per heavy atom. The first-order chi connectivity index (χ1) is 29.8. The van der Waals surface area contributed by atoms with Crippen LogP contribution in [0.2, 0.25) is 0 Å². The largest absolute Gasteiger partial charge is 0.310 e. The van der Waals surface area contributed by atoms with Crippen LogP contribution in [0.5, 0.6) is 0 Å². The second-order valence-electron chi connectivity index (χ2n) is 15.3. The van der Waals surface area contributed by atoms with Gasteiger partial charge in [0.25, 0.3) is 0 Å². The quantitative estimate of drug-likeness (QED) is 0.150. The van der Waals surface area contributed by atoms with Gasteiger partial charge in [-0.05, 0) is 110 Å². The Balaban J connectivity index is 1.05. The number of nitrogens with zero attached hydrogens (tertiary/aromatic N) is 2. The number of hydrogen-bond donors (Lipinski definition) is 0. The van der Waals surface area contributed by atoms with Crippen molar-refractivity contribution in [2.75, 3.05) is 4.90 Å². The molecule has 60 heavy (non-hydrogen) atoms. The predicted octanol–water partition coefficient (Wildman–Crippen LogP) is 16.1. The maximum atomic E-state index is 2.42. The Morgan fingerprint density at radius 2 is 0.817 bits per heavy atom. The van der Waals surface area contributed by atoms with Gasteiger partial charge in [-0.15, -0.1) is 0 Å². The Kier molecular flexibility index (Phi) is 8.87. The molecule has 0 atom stereocenters. The molecule has 10 aromatic carbocycles. The third kappa shape index (κ3) is 6.23. The zero-order valence-electron chi connectivity index (χ0n) is 33.0. The molecule has 2 heteroatoms. The molecule has 2 nitrogen and oxygen atoms in total. The molecule has 282 valence electrons. The SMILES string of the molecule is c1ccc(-c2ccccc2-c2ccccc2-c2ccccc2N(c2ccc(-c3ccc4c(c3)c3ccccc3n4-c3ccccc3)cc2)c2ccc3ccccc3c2)cc1. The van der Waals surface area contributed by atoms with Crippen molar-refractivity contribution in [3.8, 4) is 50.2 Å². The number of anilines is 3. The molecule has 11 rings (SSSR count). The predicted molar refractivity (Wildman–Crippen MR) is 255 cm³/mol. The molecule has 0 N–H and O–H groups in total. The Bertz CT molecular complexity index is 3310. The van der Waals surface area contributed by atoms with Crippen LogP contribution in [0.3, 0.4) is 0 Å². The number of aromatic nitrogens is 1. The summed E-state index contributed by atoms with van der Waals surface area (Å²) in [4.78, 5) is 2.42. The fraction of sp³-hybridized carbons (Fsp3) is 0. The van der Waals surface area contributed by atoms with Crippen molar-refractivity contribution in [3.63, 3.8) is 0 Å². The Labute approximate surface area is 350 Å². The fourth-order valence-corrected chi connectivity index (χ4v) is 8.99. The average Bonchev–Trinajstić information content (AvgIpc) is 3.66. The van der Waals surface area contributed by atoms with Gasteiger partial charge in [-0.2, -0.15) is 0 Å². The van der Waals surface area contributed by atoms with Crippen molar-refractivity contribution >= 4 is 49.6 Å². The van der Waals surface area contributed by atoms with Crippen molar-refractivity contribution < 1.29 is 0 Å². The Hall–Kier alpha value is -7.94. The zero-order chi connectivity index (χ0) is 39.8. The van der Waals surface area contributed by atoms with Crippen LogP contribution in [0.25, 0.3) is 82.8 Å². The van der Waals surface area contributed by atoms with Crippen LogP contribution in [0.1, 0.15) is 0 Å². The molecule has 0 saturated heterocycles. The highest BCUT2D eigenvalue weighted by Crippen LogP contribution is 2.46. The number of hydrogen-bond acceptors (Lipinski definition) is 1. The first-order valence-electron chi connectivity index (χ1n) is 20.6. The van der Waals surface area contributed by atoms with E-state index in [0.29, 0.717) is 0 Å². The minimum atomic E-state index is 1.09. The number of fused-ring (bicyclic) bond motifs is 4. The van der Waals surface area contributed by atoms with Crippen molar-refractivity contribution in [2.24, 2.45) is 0 Å². The van der Waals surface area contributed by atoms with Crippen LogP contribution in [0, 0.1) is 0 Å². The molecule has 0 aliphatic rings. The van der Waals surface area contributed by atoms with Crippen LogP contribution in [0.4, 0.5) is 17.1 Å². The van der Waals surface area contributed by atoms with Crippen molar-refractivity contribution in [1.29, 1.82) is 0 Å². The van der Waals surface area contributed by atoms with Crippen molar-refractivity contribution in [2.45, 2.75) is 0 Å². The molecule has 0 aliphatic heterocycles. The monoisotopic (exact) mass is 764 g/mol. The van der Waals surface area contributed by atoms with Crippen LogP contribution >= 0.6 is 0 Å². The van der Waals surface area contributed by atoms with Gasteiger partial charge in [0.1, 0.15) is 0 Å². The zero-order valence-corrected chi connectivity index (χ0v) is 33.0. The van der Waals surface area contributed by atoms with E-state index in [9.17, 15) is 0 Å². The smallest absolute Gasteiger partial charge is 0.0541 e. The lowest BCUT2D eigenvalue weighted by molar-refractivity contribution is 1.18. The maximum absolute atomic E-state index is 2.42. The average molecular weight is 765 g/mol. The number of para-hydroxylation sites is 3. The van der Waals surface area contributed by atoms with Gasteiger partial charge in [-0.3, -0.25) is 0 Å². The molecule has 11 aromatic rings. The minimum absolute atomic E-state index is 1.09. The highest BCUT2D eigenvalue weighted by atomic mass is 15.1. The van der Waals surface area contributed by atoms with Crippen LogP contribution in [-0.2, 0) is 0 Å². The van der Waals surface area contributed by atoms with Crippen LogP contribution in [-0.4, -0.2) is 4.57 Å². The second kappa shape index (κ2) is 15.1. The van der Waals surface area contributed by atoms with E-state index in [1.807, 2.05) is 0 Å². The standard InChI is InChI=1S/C58H40N2/c1-3-18-43(19-4-1)49-23-9-10-24-50(49)51-25-11-12-26-52(51)53-27-13-15-29-56(53)59(48-37-33-41-17-7-8-20-44(41)39-48)47-35-31-42(32-36-47)45-34-38-58-55(40-45)54-28-14-16-30-57(54)60(58)46-21-5-2-6-22-46/h1-40H. The number of rotatable bonds is 8. The van der Waals surface area contributed by atoms with E-state index in [-0.39, 0.29) is 0 Å². The van der Waals surface area contributed by atoms with Gasteiger partial charge in [0, 0.05) is 33.4 Å². The normalized spacial score (nSPS) is 11.3. The van der Waals surface area contributed by atoms with Gasteiger partial charge in [0.2, 0.25) is 0 Å². The lowest BCUT2D eigenvalue weighted by Crippen LogP contribution is -2.11. The molecule has 0 radical (unpaired) electrons. The summed E-state index contributed by atoms with van der Waals surface area (Å²) >= 11 is 0. The summed E-state index contributed by atoms with van der Waals surface area (Å²) in [6.07, 6.45) is 0. The van der Waals surface area contributed by atoms with E-state index >= 15 is 0 Å². The first kappa shape index (κ1) is 35.2. The molecule has 0 spiro atoms. The molecule has 0 unspecified atom stereocenters. The summed E-state index contributed by atoms with van der Waals surface area (Å²) in [5, 5.41) is 4.92. The van der Waals surface area contributed by atoms with Crippen molar-refractivity contribution in [3.05, 3.63) is 243 Å². The lowest BCUT2D eigenvalue weighted by atomic mass is 9.88. The topological polar surface area (TPSA) is 8.17 Å². The van der Waals surface area contributed by atoms with Gasteiger partial charge < -0.3 is 9.47 Å². The molecule has 0 fully saturated rings. The molecular weight excluding hydrogens is 725 g/mol. The van der Waals surface area contributed by atoms with Gasteiger partial charge >= 0.3 is 0 Å². The summed E-state index contributed by atoms with van der Waals surface area (Å²) < 4.78 is 2.37. The third-order valence-electron chi connectivity index (χ3n) is 11.8. The van der Waals surface area contributed by atoms with E-state index in [0.717, 1.165) is 28.3 Å². The van der Waals surface area contributed by atoms with Crippen LogP contribution < -0.4 is 4.90 Å². The van der Waals surface area contributed by atoms with Gasteiger partial charge in [-0.1, -0.05) is 182 Å². The van der Waals surface area contributed by atoms with E-state index in [1.165, 1.54) is 71.5 Å². The summed E-state index contributed by atoms with van der Waals surface area (Å²) in [6.45, 7) is 0. The highest BCUT2D eigenvalue weighted by molar-refractivity contribution is 6.10. The summed E-state index contributed by atoms with van der Waals surface area (Å²) in [5.41, 5.74) is 16.4. The third-order valence-corrected chi connectivity index (χ3v) is 11.8. The molecule has 0 saturated carbocycles. The minimum Gasteiger partial charge on any atom is -0.310 e. The van der Waals surface area contributed by atoms with E-state index in [4.69, 9.17) is 0 Å². The van der Waals surface area contributed by atoms with Gasteiger partial charge in [0.15, 0.2) is 0 Å². The molecule has 1 heterocycles. The van der Waals surface area contributed by atoms with E-state index in [1.54, 1.807) is 0 Å². The maximum Gasteiger partial charge on any atom is 0.0541 e. The van der Waals surface area contributed by atoms with Gasteiger partial charge in [-0.25, -0.2) is 0 Å². The Morgan fingerprint density at radius 3 is 1.58 bits per heavy atom. The second-order valence-corrected chi connectivity index (χ2v) is 15.3. The molecule has 1 aromatic heterocycles.